The van der Waals surface area contributed by atoms with Crippen molar-refractivity contribution in [3.05, 3.63) is 54.6 Å². The normalized spacial score (nSPS) is 10.0. The molecular formula is C11H10N2O. The van der Waals surface area contributed by atoms with Crippen molar-refractivity contribution in [3.63, 3.8) is 0 Å². The molecule has 0 atom stereocenters. The van der Waals surface area contributed by atoms with E-state index in [1.165, 1.54) is 10.9 Å². The first-order chi connectivity index (χ1) is 6.86. The van der Waals surface area contributed by atoms with E-state index in [2.05, 4.69) is 4.98 Å². The molecule has 0 saturated carbocycles. The number of carbonyl (C=O) groups excluding carboxylic acids is 1. The van der Waals surface area contributed by atoms with E-state index in [0.29, 0.717) is 6.42 Å². The summed E-state index contributed by atoms with van der Waals surface area (Å²) in [6, 6.07) is 9.67. The Hall–Kier alpha value is -1.90. The Balaban J connectivity index is 2.10. The molecule has 2 aromatic rings. The molecule has 0 amide bonds. The fourth-order valence-electron chi connectivity index (χ4n) is 1.27. The monoisotopic (exact) mass is 186 g/mol. The number of carbonyl (C=O) groups is 1. The summed E-state index contributed by atoms with van der Waals surface area (Å²) < 4.78 is 1.49. The average molecular weight is 186 g/mol. The van der Waals surface area contributed by atoms with Gasteiger partial charge in [0.05, 0.1) is 6.42 Å². The van der Waals surface area contributed by atoms with Gasteiger partial charge in [0, 0.05) is 12.4 Å². The zero-order chi connectivity index (χ0) is 9.80. The average Bonchev–Trinajstić information content (AvgIpc) is 2.72. The van der Waals surface area contributed by atoms with Crippen LogP contribution in [0.5, 0.6) is 0 Å². The third-order valence-electron chi connectivity index (χ3n) is 1.99. The van der Waals surface area contributed by atoms with Crippen molar-refractivity contribution in [2.75, 3.05) is 0 Å². The van der Waals surface area contributed by atoms with Crippen molar-refractivity contribution in [1.82, 2.24) is 9.55 Å². The highest BCUT2D eigenvalue weighted by molar-refractivity contribution is 5.80. The molecule has 0 fully saturated rings. The molecule has 1 aromatic carbocycles. The molecule has 2 rings (SSSR count). The van der Waals surface area contributed by atoms with Gasteiger partial charge in [0.15, 0.2) is 0 Å². The molecule has 1 heterocycles. The summed E-state index contributed by atoms with van der Waals surface area (Å²) in [6.45, 7) is 0. The summed E-state index contributed by atoms with van der Waals surface area (Å²) >= 11 is 0. The number of aromatic nitrogens is 2. The van der Waals surface area contributed by atoms with E-state index >= 15 is 0 Å². The number of imidazole rings is 1. The Labute approximate surface area is 82.0 Å². The molecule has 0 N–H and O–H groups in total. The summed E-state index contributed by atoms with van der Waals surface area (Å²) in [5.74, 6) is 0.0358. The Kier molecular flexibility index (Phi) is 2.40. The van der Waals surface area contributed by atoms with E-state index < -0.39 is 0 Å². The van der Waals surface area contributed by atoms with Gasteiger partial charge in [-0.3, -0.25) is 9.36 Å². The molecule has 0 radical (unpaired) electrons. The maximum atomic E-state index is 11.6. The summed E-state index contributed by atoms with van der Waals surface area (Å²) in [5.41, 5.74) is 1.02. The van der Waals surface area contributed by atoms with Gasteiger partial charge in [-0.05, 0) is 5.56 Å². The molecule has 3 nitrogen and oxygen atoms in total. The summed E-state index contributed by atoms with van der Waals surface area (Å²) in [5, 5.41) is 0. The summed E-state index contributed by atoms with van der Waals surface area (Å²) in [7, 11) is 0. The lowest BCUT2D eigenvalue weighted by molar-refractivity contribution is 0.0914. The van der Waals surface area contributed by atoms with Crippen molar-refractivity contribution in [2.45, 2.75) is 6.42 Å². The minimum absolute atomic E-state index is 0.0358. The van der Waals surface area contributed by atoms with Crippen LogP contribution in [0.3, 0.4) is 0 Å². The second-order valence-corrected chi connectivity index (χ2v) is 3.03. The van der Waals surface area contributed by atoms with Gasteiger partial charge in [-0.25, -0.2) is 4.98 Å². The van der Waals surface area contributed by atoms with Crippen molar-refractivity contribution < 1.29 is 4.79 Å². The lowest BCUT2D eigenvalue weighted by Gasteiger charge is -2.00. The summed E-state index contributed by atoms with van der Waals surface area (Å²) in [6.07, 6.45) is 5.19. The van der Waals surface area contributed by atoms with Crippen LogP contribution >= 0.6 is 0 Å². The second-order valence-electron chi connectivity index (χ2n) is 3.03. The van der Waals surface area contributed by atoms with Gasteiger partial charge in [0.1, 0.15) is 6.33 Å². The molecule has 0 saturated heterocycles. The van der Waals surface area contributed by atoms with E-state index in [1.807, 2.05) is 30.3 Å². The predicted molar refractivity (Wildman–Crippen MR) is 53.0 cm³/mol. The number of rotatable bonds is 2. The zero-order valence-electron chi connectivity index (χ0n) is 7.63. The van der Waals surface area contributed by atoms with Crippen molar-refractivity contribution >= 4 is 5.91 Å². The minimum atomic E-state index is 0.0358. The number of benzene rings is 1. The predicted octanol–water partition coefficient (Wildman–Crippen LogP) is 1.77. The van der Waals surface area contributed by atoms with E-state index in [4.69, 9.17) is 0 Å². The molecule has 1 aromatic heterocycles. The largest absolute Gasteiger partial charge is 0.276 e. The van der Waals surface area contributed by atoms with Gasteiger partial charge in [-0.15, -0.1) is 0 Å². The first kappa shape index (κ1) is 8.69. The Morgan fingerprint density at radius 3 is 2.71 bits per heavy atom. The first-order valence-corrected chi connectivity index (χ1v) is 4.41. The van der Waals surface area contributed by atoms with Crippen molar-refractivity contribution in [3.8, 4) is 0 Å². The molecule has 0 aliphatic carbocycles. The Bertz CT molecular complexity index is 406. The second kappa shape index (κ2) is 3.87. The molecule has 3 heteroatoms. The van der Waals surface area contributed by atoms with Gasteiger partial charge in [-0.1, -0.05) is 30.3 Å². The SMILES string of the molecule is O=C(Cc1ccccc1)n1ccnc1. The topological polar surface area (TPSA) is 34.9 Å². The van der Waals surface area contributed by atoms with Crippen LogP contribution in [0.1, 0.15) is 10.4 Å². The minimum Gasteiger partial charge on any atom is -0.276 e. The van der Waals surface area contributed by atoms with Crippen LogP contribution in [0.4, 0.5) is 0 Å². The van der Waals surface area contributed by atoms with Gasteiger partial charge < -0.3 is 0 Å². The highest BCUT2D eigenvalue weighted by atomic mass is 16.2. The quantitative estimate of drug-likeness (QED) is 0.716. The van der Waals surface area contributed by atoms with Crippen molar-refractivity contribution in [2.24, 2.45) is 0 Å². The van der Waals surface area contributed by atoms with Gasteiger partial charge in [0.2, 0.25) is 5.91 Å². The molecule has 70 valence electrons. The van der Waals surface area contributed by atoms with Crippen LogP contribution in [0.25, 0.3) is 0 Å². The van der Waals surface area contributed by atoms with E-state index in [9.17, 15) is 4.79 Å². The molecule has 0 unspecified atom stereocenters. The highest BCUT2D eigenvalue weighted by Gasteiger charge is 2.03. The Morgan fingerprint density at radius 1 is 1.29 bits per heavy atom. The van der Waals surface area contributed by atoms with Crippen molar-refractivity contribution in [1.29, 1.82) is 0 Å². The van der Waals surface area contributed by atoms with Crippen LogP contribution < -0.4 is 0 Å². The maximum absolute atomic E-state index is 11.6. The number of nitrogens with zero attached hydrogens (tertiary/aromatic N) is 2. The molecular weight excluding hydrogens is 176 g/mol. The molecule has 0 spiro atoms. The van der Waals surface area contributed by atoms with Crippen LogP contribution in [0, 0.1) is 0 Å². The fourth-order valence-corrected chi connectivity index (χ4v) is 1.27. The van der Waals surface area contributed by atoms with E-state index in [0.717, 1.165) is 5.56 Å². The Morgan fingerprint density at radius 2 is 2.07 bits per heavy atom. The van der Waals surface area contributed by atoms with Crippen LogP contribution in [0.15, 0.2) is 49.1 Å². The van der Waals surface area contributed by atoms with E-state index in [1.54, 1.807) is 12.4 Å². The van der Waals surface area contributed by atoms with Crippen LogP contribution in [-0.2, 0) is 6.42 Å². The van der Waals surface area contributed by atoms with Gasteiger partial charge in [0.25, 0.3) is 0 Å². The summed E-state index contributed by atoms with van der Waals surface area (Å²) in [4.78, 5) is 15.4. The van der Waals surface area contributed by atoms with Crippen LogP contribution in [0.2, 0.25) is 0 Å². The lowest BCUT2D eigenvalue weighted by Crippen LogP contribution is -2.11. The molecule has 0 aliphatic rings. The molecule has 0 bridgehead atoms. The zero-order valence-corrected chi connectivity index (χ0v) is 7.63. The number of hydrogen-bond acceptors (Lipinski definition) is 2. The fraction of sp³-hybridized carbons (Fsp3) is 0.0909. The highest BCUT2D eigenvalue weighted by Crippen LogP contribution is 2.01. The third kappa shape index (κ3) is 1.88. The standard InChI is InChI=1S/C11H10N2O/c14-11(13-7-6-12-9-13)8-10-4-2-1-3-5-10/h1-7,9H,8H2. The third-order valence-corrected chi connectivity index (χ3v) is 1.99. The lowest BCUT2D eigenvalue weighted by atomic mass is 10.1. The molecule has 14 heavy (non-hydrogen) atoms. The maximum Gasteiger partial charge on any atom is 0.236 e. The smallest absolute Gasteiger partial charge is 0.236 e. The van der Waals surface area contributed by atoms with Gasteiger partial charge in [-0.2, -0.15) is 0 Å². The van der Waals surface area contributed by atoms with E-state index in [-0.39, 0.29) is 5.91 Å². The molecule has 0 aliphatic heterocycles. The number of hydrogen-bond donors (Lipinski definition) is 0. The first-order valence-electron chi connectivity index (χ1n) is 4.41. The van der Waals surface area contributed by atoms with Crippen LogP contribution in [-0.4, -0.2) is 15.5 Å². The van der Waals surface area contributed by atoms with Gasteiger partial charge >= 0.3 is 0 Å².